The SMILES string of the molecule is C=CCOC(=O)N[C@@H](c1ccccc1)C1(C(=O)CI)CCCC1=O. The minimum Gasteiger partial charge on any atom is -0.445 e. The highest BCUT2D eigenvalue weighted by atomic mass is 127. The number of hydrogen-bond acceptors (Lipinski definition) is 4. The van der Waals surface area contributed by atoms with Gasteiger partial charge in [0.25, 0.3) is 0 Å². The van der Waals surface area contributed by atoms with E-state index in [1.165, 1.54) is 6.08 Å². The van der Waals surface area contributed by atoms with Gasteiger partial charge in [0.1, 0.15) is 17.8 Å². The van der Waals surface area contributed by atoms with E-state index in [4.69, 9.17) is 4.74 Å². The van der Waals surface area contributed by atoms with Crippen molar-refractivity contribution in [2.45, 2.75) is 25.3 Å². The predicted molar refractivity (Wildman–Crippen MR) is 99.0 cm³/mol. The molecule has 0 aliphatic heterocycles. The fraction of sp³-hybridized carbons (Fsp3) is 0.389. The molecule has 6 heteroatoms. The van der Waals surface area contributed by atoms with Crippen LogP contribution in [0.1, 0.15) is 30.9 Å². The number of benzene rings is 1. The van der Waals surface area contributed by atoms with E-state index < -0.39 is 17.6 Å². The molecule has 1 N–H and O–H groups in total. The van der Waals surface area contributed by atoms with Gasteiger partial charge in [-0.25, -0.2) is 4.79 Å². The van der Waals surface area contributed by atoms with Crippen molar-refractivity contribution in [3.63, 3.8) is 0 Å². The van der Waals surface area contributed by atoms with Crippen molar-refractivity contribution in [2.24, 2.45) is 5.41 Å². The molecule has 1 fully saturated rings. The van der Waals surface area contributed by atoms with Gasteiger partial charge >= 0.3 is 6.09 Å². The lowest BCUT2D eigenvalue weighted by molar-refractivity contribution is -0.138. The van der Waals surface area contributed by atoms with E-state index in [1.54, 1.807) is 0 Å². The first-order valence-electron chi connectivity index (χ1n) is 7.78. The molecule has 1 amide bonds. The molecular weight excluding hydrogens is 421 g/mol. The standard InChI is InChI=1S/C18H20INO4/c1-2-11-24-17(23)20-16(13-7-4-3-5-8-13)18(15(22)12-19)10-6-9-14(18)21/h2-5,7-8,16H,1,6,9-12H2,(H,20,23)/t16-,18?/m0/s1. The molecule has 0 aromatic heterocycles. The Morgan fingerprint density at radius 2 is 2.08 bits per heavy atom. The fourth-order valence-electron chi connectivity index (χ4n) is 3.20. The van der Waals surface area contributed by atoms with Gasteiger partial charge in [-0.2, -0.15) is 0 Å². The molecular formula is C18H20INO4. The number of alkyl carbamates (subject to hydrolysis) is 1. The third-order valence-electron chi connectivity index (χ3n) is 4.31. The van der Waals surface area contributed by atoms with Crippen molar-refractivity contribution in [3.8, 4) is 0 Å². The smallest absolute Gasteiger partial charge is 0.407 e. The third kappa shape index (κ3) is 3.68. The molecule has 0 spiro atoms. The lowest BCUT2D eigenvalue weighted by atomic mass is 9.72. The van der Waals surface area contributed by atoms with E-state index in [9.17, 15) is 14.4 Å². The molecule has 1 aromatic rings. The summed E-state index contributed by atoms with van der Waals surface area (Å²) in [5.74, 6) is -0.259. The quantitative estimate of drug-likeness (QED) is 0.305. The van der Waals surface area contributed by atoms with Gasteiger partial charge in [0, 0.05) is 6.42 Å². The van der Waals surface area contributed by atoms with Crippen molar-refractivity contribution in [2.75, 3.05) is 11.0 Å². The normalized spacial score (nSPS) is 21.1. The molecule has 1 unspecified atom stereocenters. The van der Waals surface area contributed by atoms with Crippen molar-refractivity contribution < 1.29 is 19.1 Å². The van der Waals surface area contributed by atoms with Crippen molar-refractivity contribution in [1.82, 2.24) is 5.32 Å². The summed E-state index contributed by atoms with van der Waals surface area (Å²) in [4.78, 5) is 37.5. The number of nitrogens with one attached hydrogen (secondary N) is 1. The highest BCUT2D eigenvalue weighted by Crippen LogP contribution is 2.46. The number of ether oxygens (including phenoxy) is 1. The third-order valence-corrected chi connectivity index (χ3v) is 5.00. The molecule has 2 rings (SSSR count). The van der Waals surface area contributed by atoms with Gasteiger partial charge in [-0.3, -0.25) is 9.59 Å². The number of amides is 1. The molecule has 0 saturated heterocycles. The summed E-state index contributed by atoms with van der Waals surface area (Å²) in [7, 11) is 0. The van der Waals surface area contributed by atoms with Crippen molar-refractivity contribution in [3.05, 3.63) is 48.6 Å². The Morgan fingerprint density at radius 1 is 1.38 bits per heavy atom. The zero-order valence-electron chi connectivity index (χ0n) is 13.3. The lowest BCUT2D eigenvalue weighted by Crippen LogP contribution is -2.49. The molecule has 1 aliphatic rings. The van der Waals surface area contributed by atoms with Gasteiger partial charge < -0.3 is 10.1 Å². The molecule has 5 nitrogen and oxygen atoms in total. The van der Waals surface area contributed by atoms with E-state index >= 15 is 0 Å². The first-order chi connectivity index (χ1) is 11.6. The lowest BCUT2D eigenvalue weighted by Gasteiger charge is -2.35. The van der Waals surface area contributed by atoms with Gasteiger partial charge in [0.05, 0.1) is 10.5 Å². The van der Waals surface area contributed by atoms with Crippen LogP contribution in [-0.2, 0) is 14.3 Å². The zero-order valence-corrected chi connectivity index (χ0v) is 15.5. The van der Waals surface area contributed by atoms with E-state index in [1.807, 2.05) is 52.9 Å². The van der Waals surface area contributed by atoms with Crippen LogP contribution >= 0.6 is 22.6 Å². The average molecular weight is 441 g/mol. The maximum absolute atomic E-state index is 12.7. The van der Waals surface area contributed by atoms with Crippen molar-refractivity contribution in [1.29, 1.82) is 0 Å². The molecule has 1 saturated carbocycles. The average Bonchev–Trinajstić information content (AvgIpc) is 3.00. The molecule has 2 atom stereocenters. The first-order valence-corrected chi connectivity index (χ1v) is 9.30. The van der Waals surface area contributed by atoms with Crippen molar-refractivity contribution >= 4 is 40.3 Å². The van der Waals surface area contributed by atoms with E-state index in [0.717, 1.165) is 5.56 Å². The minimum absolute atomic E-state index is 0.0640. The fourth-order valence-corrected chi connectivity index (χ4v) is 3.88. The van der Waals surface area contributed by atoms with E-state index in [2.05, 4.69) is 11.9 Å². The number of rotatable bonds is 7. The van der Waals surface area contributed by atoms with Gasteiger partial charge in [0.15, 0.2) is 5.78 Å². The maximum atomic E-state index is 12.7. The van der Waals surface area contributed by atoms with Crippen LogP contribution in [0.5, 0.6) is 0 Å². The topological polar surface area (TPSA) is 72.5 Å². The second kappa shape index (κ2) is 8.41. The summed E-state index contributed by atoms with van der Waals surface area (Å²) >= 11 is 1.97. The van der Waals surface area contributed by atoms with Crippen LogP contribution in [0, 0.1) is 5.41 Å². The summed E-state index contributed by atoms with van der Waals surface area (Å²) in [6.07, 6.45) is 2.24. The minimum atomic E-state index is -1.21. The molecule has 0 radical (unpaired) electrons. The van der Waals surface area contributed by atoms with Gasteiger partial charge in [-0.15, -0.1) is 0 Å². The van der Waals surface area contributed by atoms with Gasteiger partial charge in [0.2, 0.25) is 0 Å². The number of hydrogen-bond donors (Lipinski definition) is 1. The second-order valence-electron chi connectivity index (χ2n) is 5.68. The zero-order chi connectivity index (χ0) is 17.6. The number of carbonyl (C=O) groups is 3. The van der Waals surface area contributed by atoms with Crippen LogP contribution in [0.15, 0.2) is 43.0 Å². The molecule has 24 heavy (non-hydrogen) atoms. The molecule has 0 bridgehead atoms. The predicted octanol–water partition coefficient (Wildman–Crippen LogP) is 3.38. The Balaban J connectivity index is 2.43. The number of halogens is 1. The summed E-state index contributed by atoms with van der Waals surface area (Å²) in [5, 5.41) is 2.74. The summed E-state index contributed by atoms with van der Waals surface area (Å²) in [6.45, 7) is 3.56. The number of ketones is 2. The van der Waals surface area contributed by atoms with Crippen LogP contribution in [0.25, 0.3) is 0 Å². The first kappa shape index (κ1) is 18.6. The van der Waals surface area contributed by atoms with E-state index in [0.29, 0.717) is 19.3 Å². The highest BCUT2D eigenvalue weighted by Gasteiger charge is 2.54. The summed E-state index contributed by atoms with van der Waals surface area (Å²) in [5.41, 5.74) is -0.489. The monoisotopic (exact) mass is 441 g/mol. The van der Waals surface area contributed by atoms with Crippen LogP contribution in [0.4, 0.5) is 4.79 Å². The number of Topliss-reactive ketones (excluding diaryl/α,β-unsaturated/α-hetero) is 2. The Kier molecular flexibility index (Phi) is 6.53. The summed E-state index contributed by atoms with van der Waals surface area (Å²) in [6, 6.07) is 8.38. The molecule has 0 heterocycles. The maximum Gasteiger partial charge on any atom is 0.407 e. The highest BCUT2D eigenvalue weighted by molar-refractivity contribution is 14.1. The Morgan fingerprint density at radius 3 is 2.62 bits per heavy atom. The Labute approximate surface area is 155 Å². The van der Waals surface area contributed by atoms with Crippen LogP contribution in [0.3, 0.4) is 0 Å². The molecule has 128 valence electrons. The number of carbonyl (C=O) groups excluding carboxylic acids is 3. The summed E-state index contributed by atoms with van der Waals surface area (Å²) < 4.78 is 5.22. The number of alkyl halides is 1. The van der Waals surface area contributed by atoms with Crippen LogP contribution in [-0.4, -0.2) is 28.7 Å². The largest absolute Gasteiger partial charge is 0.445 e. The van der Waals surface area contributed by atoms with Gasteiger partial charge in [-0.05, 0) is 18.4 Å². The van der Waals surface area contributed by atoms with E-state index in [-0.39, 0.29) is 22.6 Å². The Hall–Kier alpha value is -1.70. The second-order valence-corrected chi connectivity index (χ2v) is 6.44. The van der Waals surface area contributed by atoms with Gasteiger partial charge in [-0.1, -0.05) is 65.6 Å². The van der Waals surface area contributed by atoms with Crippen LogP contribution in [0.2, 0.25) is 0 Å². The Bertz CT molecular complexity index is 631. The molecule has 1 aliphatic carbocycles. The van der Waals surface area contributed by atoms with Crippen LogP contribution < -0.4 is 5.32 Å². The molecule has 1 aromatic carbocycles.